The van der Waals surface area contributed by atoms with Gasteiger partial charge in [0.1, 0.15) is 6.04 Å². The van der Waals surface area contributed by atoms with E-state index in [-0.39, 0.29) is 17.9 Å². The van der Waals surface area contributed by atoms with Crippen LogP contribution < -0.4 is 5.32 Å². The molecule has 6 heteroatoms. The molecule has 0 aromatic carbocycles. The van der Waals surface area contributed by atoms with E-state index in [0.29, 0.717) is 6.42 Å². The third kappa shape index (κ3) is 5.09. The van der Waals surface area contributed by atoms with Gasteiger partial charge in [-0.25, -0.2) is 4.79 Å². The highest BCUT2D eigenvalue weighted by molar-refractivity contribution is 5.87. The van der Waals surface area contributed by atoms with Crippen LogP contribution in [-0.4, -0.2) is 49.6 Å². The van der Waals surface area contributed by atoms with Gasteiger partial charge in [0.15, 0.2) is 0 Å². The molecule has 1 saturated heterocycles. The molecular weight excluding hydrogens is 260 g/mol. The average molecular weight is 286 g/mol. The molecule has 116 valence electrons. The summed E-state index contributed by atoms with van der Waals surface area (Å²) in [6, 6.07) is -0.813. The van der Waals surface area contributed by atoms with Crippen LogP contribution in [0.3, 0.4) is 0 Å². The van der Waals surface area contributed by atoms with Crippen LogP contribution >= 0.6 is 0 Å². The van der Waals surface area contributed by atoms with Gasteiger partial charge in [-0.1, -0.05) is 20.3 Å². The molecule has 0 aromatic rings. The van der Waals surface area contributed by atoms with Crippen molar-refractivity contribution < 1.29 is 19.4 Å². The molecule has 0 spiro atoms. The second-order valence-electron chi connectivity index (χ2n) is 5.75. The highest BCUT2D eigenvalue weighted by Crippen LogP contribution is 2.16. The first-order valence-electron chi connectivity index (χ1n) is 7.20. The lowest BCUT2D eigenvalue weighted by Crippen LogP contribution is -2.52. The number of likely N-dealkylation sites (N-methyl/N-ethyl adjacent to an activating group) is 1. The molecule has 1 N–H and O–H groups in total. The van der Waals surface area contributed by atoms with E-state index in [9.17, 15) is 9.59 Å². The minimum atomic E-state index is -0.655. The maximum atomic E-state index is 12.3. The highest BCUT2D eigenvalue weighted by atomic mass is 17.2. The summed E-state index contributed by atoms with van der Waals surface area (Å²) in [5.41, 5.74) is 0. The van der Waals surface area contributed by atoms with E-state index in [2.05, 4.69) is 15.1 Å². The number of carbonyl (C=O) groups excluding carboxylic acids is 2. The minimum absolute atomic E-state index is 0.106. The van der Waals surface area contributed by atoms with E-state index in [1.165, 1.54) is 7.11 Å². The molecule has 0 saturated carbocycles. The van der Waals surface area contributed by atoms with Crippen molar-refractivity contribution in [2.24, 2.45) is 5.92 Å². The first kappa shape index (κ1) is 16.9. The van der Waals surface area contributed by atoms with Crippen LogP contribution in [0.25, 0.3) is 0 Å². The van der Waals surface area contributed by atoms with Gasteiger partial charge < -0.3 is 5.32 Å². The van der Waals surface area contributed by atoms with Crippen LogP contribution in [0.2, 0.25) is 0 Å². The molecule has 1 aliphatic rings. The van der Waals surface area contributed by atoms with E-state index in [1.54, 1.807) is 0 Å². The molecule has 20 heavy (non-hydrogen) atoms. The van der Waals surface area contributed by atoms with Crippen LogP contribution in [0.5, 0.6) is 0 Å². The topological polar surface area (TPSA) is 67.9 Å². The van der Waals surface area contributed by atoms with Gasteiger partial charge >= 0.3 is 5.97 Å². The van der Waals surface area contributed by atoms with Crippen molar-refractivity contribution in [3.63, 3.8) is 0 Å². The normalized spacial score (nSPS) is 21.6. The maximum Gasteiger partial charge on any atom is 0.364 e. The molecule has 1 heterocycles. The van der Waals surface area contributed by atoms with Crippen LogP contribution in [0.1, 0.15) is 39.5 Å². The van der Waals surface area contributed by atoms with Gasteiger partial charge in [0.2, 0.25) is 5.91 Å². The molecule has 1 fully saturated rings. The van der Waals surface area contributed by atoms with Crippen molar-refractivity contribution in [1.82, 2.24) is 10.2 Å². The fourth-order valence-electron chi connectivity index (χ4n) is 2.50. The number of nitrogens with one attached hydrogen (secondary N) is 1. The van der Waals surface area contributed by atoms with E-state index in [0.717, 1.165) is 25.8 Å². The lowest BCUT2D eigenvalue weighted by Gasteiger charge is -2.32. The van der Waals surface area contributed by atoms with Gasteiger partial charge in [0, 0.05) is 0 Å². The molecule has 2 atom stereocenters. The molecule has 0 unspecified atom stereocenters. The summed E-state index contributed by atoms with van der Waals surface area (Å²) < 4.78 is 0. The average Bonchev–Trinajstić information content (AvgIpc) is 2.38. The van der Waals surface area contributed by atoms with Gasteiger partial charge in [-0.2, -0.15) is 4.89 Å². The first-order valence-corrected chi connectivity index (χ1v) is 7.20. The van der Waals surface area contributed by atoms with E-state index >= 15 is 0 Å². The zero-order chi connectivity index (χ0) is 15.1. The molecule has 0 radical (unpaired) electrons. The maximum absolute atomic E-state index is 12.3. The lowest BCUT2D eigenvalue weighted by atomic mass is 10.00. The van der Waals surface area contributed by atoms with Crippen molar-refractivity contribution in [2.75, 3.05) is 20.7 Å². The predicted octanol–water partition coefficient (Wildman–Crippen LogP) is 1.11. The van der Waals surface area contributed by atoms with E-state index in [1.807, 2.05) is 25.8 Å². The Morgan fingerprint density at radius 3 is 2.60 bits per heavy atom. The number of piperidine rings is 1. The molecule has 1 amide bonds. The number of hydrogen-bond donors (Lipinski definition) is 1. The summed E-state index contributed by atoms with van der Waals surface area (Å²) in [4.78, 5) is 35.1. The summed E-state index contributed by atoms with van der Waals surface area (Å²) in [7, 11) is 3.22. The molecular formula is C14H26N2O4. The molecule has 0 bridgehead atoms. The molecule has 1 aliphatic heterocycles. The van der Waals surface area contributed by atoms with E-state index < -0.39 is 12.0 Å². The van der Waals surface area contributed by atoms with Crippen molar-refractivity contribution in [2.45, 2.75) is 51.6 Å². The van der Waals surface area contributed by atoms with Gasteiger partial charge in [0.25, 0.3) is 0 Å². The second-order valence-corrected chi connectivity index (χ2v) is 5.75. The number of amides is 1. The fraction of sp³-hybridized carbons (Fsp3) is 0.857. The Morgan fingerprint density at radius 1 is 1.35 bits per heavy atom. The van der Waals surface area contributed by atoms with Crippen molar-refractivity contribution >= 4 is 11.9 Å². The van der Waals surface area contributed by atoms with Crippen LogP contribution in [-0.2, 0) is 19.4 Å². The zero-order valence-corrected chi connectivity index (χ0v) is 12.8. The largest absolute Gasteiger partial charge is 0.364 e. The van der Waals surface area contributed by atoms with Crippen molar-refractivity contribution in [1.29, 1.82) is 0 Å². The lowest BCUT2D eigenvalue weighted by molar-refractivity contribution is -0.257. The number of carbonyl (C=O) groups is 2. The zero-order valence-electron chi connectivity index (χ0n) is 12.8. The number of nitrogens with zero attached hydrogens (tertiary/aromatic N) is 1. The molecule has 6 nitrogen and oxygen atoms in total. The van der Waals surface area contributed by atoms with Gasteiger partial charge in [0.05, 0.1) is 13.2 Å². The first-order chi connectivity index (χ1) is 9.45. The molecule has 0 aliphatic carbocycles. The Labute approximate surface area is 120 Å². The van der Waals surface area contributed by atoms with Crippen molar-refractivity contribution in [3.05, 3.63) is 0 Å². The third-order valence-electron chi connectivity index (χ3n) is 3.55. The summed E-state index contributed by atoms with van der Waals surface area (Å²) in [6.07, 6.45) is 3.52. The predicted molar refractivity (Wildman–Crippen MR) is 74.8 cm³/mol. The number of hydrogen-bond acceptors (Lipinski definition) is 5. The number of likely N-dealkylation sites (tertiary alicyclic amines) is 1. The summed E-state index contributed by atoms with van der Waals surface area (Å²) >= 11 is 0. The Hall–Kier alpha value is -1.14. The van der Waals surface area contributed by atoms with Crippen molar-refractivity contribution in [3.8, 4) is 0 Å². The van der Waals surface area contributed by atoms with Gasteiger partial charge in [-0.15, -0.1) is 0 Å². The molecule has 1 rings (SSSR count). The van der Waals surface area contributed by atoms with E-state index in [4.69, 9.17) is 0 Å². The van der Waals surface area contributed by atoms with Crippen LogP contribution in [0, 0.1) is 5.92 Å². The monoisotopic (exact) mass is 286 g/mol. The summed E-state index contributed by atoms with van der Waals surface area (Å²) in [5, 5.41) is 2.80. The molecule has 0 aromatic heterocycles. The number of rotatable bonds is 6. The second kappa shape index (κ2) is 8.21. The smallest absolute Gasteiger partial charge is 0.341 e. The Balaban J connectivity index is 2.62. The fourth-order valence-corrected chi connectivity index (χ4v) is 2.50. The van der Waals surface area contributed by atoms with Crippen LogP contribution in [0.15, 0.2) is 0 Å². The summed E-state index contributed by atoms with van der Waals surface area (Å²) in [5.74, 6) is -0.382. The minimum Gasteiger partial charge on any atom is -0.341 e. The Kier molecular flexibility index (Phi) is 6.95. The summed E-state index contributed by atoms with van der Waals surface area (Å²) in [6.45, 7) is 4.90. The van der Waals surface area contributed by atoms with Crippen LogP contribution in [0.4, 0.5) is 0 Å². The highest BCUT2D eigenvalue weighted by Gasteiger charge is 2.30. The SMILES string of the molecule is COOC(=O)[C@H](CC(C)C)NC(=O)[C@@H]1CCCCN1C. The third-order valence-corrected chi connectivity index (χ3v) is 3.55. The van der Waals surface area contributed by atoms with Gasteiger partial charge in [-0.3, -0.25) is 14.6 Å². The van der Waals surface area contributed by atoms with Gasteiger partial charge in [-0.05, 0) is 38.8 Å². The standard InChI is InChI=1S/C14H26N2O4/c1-10(2)9-11(14(18)20-19-4)15-13(17)12-7-5-6-8-16(12)3/h10-12H,5-9H2,1-4H3,(H,15,17)/t11-,12-/m0/s1. The Bertz CT molecular complexity index is 333. The Morgan fingerprint density at radius 2 is 2.05 bits per heavy atom. The quantitative estimate of drug-likeness (QED) is 0.585.